The van der Waals surface area contributed by atoms with Gasteiger partial charge in [0.2, 0.25) is 6.29 Å². The molecule has 2 fully saturated rings. The standard InChI is InChI=1S/C26H36F2O5/c1-2-3-13-26(27,28)23(29)12-11-20-21-16-18(8-4-5-9-24(30)31)15-19(21)17-22(20)33-25-10-6-7-14-32-25/h6-8,10-12,14,19-23,25,29H,2-5,9,13,15-17H2,1H3,(H,30,31)/b12-11+,18-8+/t19-,20?,21-,22+,23?,25-/m0/s1. The molecule has 7 heteroatoms. The first-order valence-electron chi connectivity index (χ1n) is 12.1. The second kappa shape index (κ2) is 11.9. The Morgan fingerprint density at radius 2 is 2.15 bits per heavy atom. The summed E-state index contributed by atoms with van der Waals surface area (Å²) in [6.07, 6.45) is 14.4. The zero-order chi connectivity index (χ0) is 23.8. The zero-order valence-electron chi connectivity index (χ0n) is 19.2. The van der Waals surface area contributed by atoms with Crippen LogP contribution in [-0.2, 0) is 14.3 Å². The van der Waals surface area contributed by atoms with Crippen LogP contribution in [-0.4, -0.2) is 40.6 Å². The van der Waals surface area contributed by atoms with E-state index in [0.29, 0.717) is 25.2 Å². The summed E-state index contributed by atoms with van der Waals surface area (Å²) in [4.78, 5) is 10.7. The third-order valence-electron chi connectivity index (χ3n) is 6.91. The van der Waals surface area contributed by atoms with Crippen molar-refractivity contribution >= 4 is 5.97 Å². The second-order valence-electron chi connectivity index (χ2n) is 9.38. The Balaban J connectivity index is 1.67. The third-order valence-corrected chi connectivity index (χ3v) is 6.91. The number of alkyl halides is 2. The van der Waals surface area contributed by atoms with Crippen LogP contribution in [0.15, 0.2) is 48.3 Å². The van der Waals surface area contributed by atoms with Crippen LogP contribution >= 0.6 is 0 Å². The van der Waals surface area contributed by atoms with Crippen LogP contribution in [0.1, 0.15) is 64.7 Å². The van der Waals surface area contributed by atoms with E-state index >= 15 is 0 Å². The molecule has 0 aromatic heterocycles. The summed E-state index contributed by atoms with van der Waals surface area (Å²) in [7, 11) is 0. The summed E-state index contributed by atoms with van der Waals surface area (Å²) in [5.41, 5.74) is 1.30. The SMILES string of the molecule is CCCCC(F)(F)C(O)/C=C/C1[C@H]2C/C(=C/CCCC(=O)O)C[C@H]2C[C@H]1O[C@H]1C=CC=CO1. The molecule has 2 N–H and O–H groups in total. The normalized spacial score (nSPS) is 31.3. The number of hydrogen-bond donors (Lipinski definition) is 2. The van der Waals surface area contributed by atoms with Crippen LogP contribution in [0.3, 0.4) is 0 Å². The van der Waals surface area contributed by atoms with Crippen LogP contribution in [0.25, 0.3) is 0 Å². The fraction of sp³-hybridized carbons (Fsp3) is 0.654. The average Bonchev–Trinajstić information content (AvgIpc) is 3.31. The predicted octanol–water partition coefficient (Wildman–Crippen LogP) is 5.77. The molecule has 2 saturated carbocycles. The smallest absolute Gasteiger partial charge is 0.303 e. The topological polar surface area (TPSA) is 76.0 Å². The van der Waals surface area contributed by atoms with Crippen molar-refractivity contribution in [3.05, 3.63) is 48.3 Å². The molecule has 6 atom stereocenters. The van der Waals surface area contributed by atoms with Gasteiger partial charge in [-0.25, -0.2) is 8.78 Å². The number of halogens is 2. The van der Waals surface area contributed by atoms with Gasteiger partial charge in [0, 0.05) is 18.8 Å². The molecule has 2 aliphatic carbocycles. The number of allylic oxidation sites excluding steroid dienone is 4. The fourth-order valence-corrected chi connectivity index (χ4v) is 5.17. The van der Waals surface area contributed by atoms with E-state index in [1.807, 2.05) is 19.1 Å². The van der Waals surface area contributed by atoms with Gasteiger partial charge in [-0.05, 0) is 62.5 Å². The van der Waals surface area contributed by atoms with Gasteiger partial charge in [-0.1, -0.05) is 43.2 Å². The molecule has 0 spiro atoms. The molecule has 5 nitrogen and oxygen atoms in total. The van der Waals surface area contributed by atoms with Gasteiger partial charge in [0.05, 0.1) is 12.4 Å². The Bertz CT molecular complexity index is 773. The molecule has 0 aromatic rings. The van der Waals surface area contributed by atoms with Gasteiger partial charge in [-0.3, -0.25) is 4.79 Å². The lowest BCUT2D eigenvalue weighted by molar-refractivity contribution is -0.137. The van der Waals surface area contributed by atoms with E-state index in [1.165, 1.54) is 11.6 Å². The quantitative estimate of drug-likeness (QED) is 0.282. The van der Waals surface area contributed by atoms with Crippen molar-refractivity contribution in [3.8, 4) is 0 Å². The Morgan fingerprint density at radius 3 is 2.85 bits per heavy atom. The molecule has 3 rings (SSSR count). The van der Waals surface area contributed by atoms with Crippen LogP contribution < -0.4 is 0 Å². The number of carboxylic acid groups (broad SMARTS) is 1. The van der Waals surface area contributed by atoms with Crippen molar-refractivity contribution in [2.75, 3.05) is 0 Å². The molecule has 0 radical (unpaired) electrons. The summed E-state index contributed by atoms with van der Waals surface area (Å²) in [6.45, 7) is 1.85. The van der Waals surface area contributed by atoms with Crippen LogP contribution in [0.4, 0.5) is 8.78 Å². The van der Waals surface area contributed by atoms with Gasteiger partial charge in [-0.15, -0.1) is 0 Å². The van der Waals surface area contributed by atoms with Crippen LogP contribution in [0.5, 0.6) is 0 Å². The molecule has 0 aromatic carbocycles. The fourth-order valence-electron chi connectivity index (χ4n) is 5.17. The summed E-state index contributed by atoms with van der Waals surface area (Å²) in [5.74, 6) is -3.41. The van der Waals surface area contributed by atoms with Crippen molar-refractivity contribution in [2.24, 2.45) is 17.8 Å². The van der Waals surface area contributed by atoms with Gasteiger partial charge in [0.15, 0.2) is 0 Å². The zero-order valence-corrected chi connectivity index (χ0v) is 19.2. The maximum Gasteiger partial charge on any atom is 0.303 e. The molecule has 0 bridgehead atoms. The molecule has 0 amide bonds. The maximum absolute atomic E-state index is 14.3. The summed E-state index contributed by atoms with van der Waals surface area (Å²) in [5, 5.41) is 19.0. The molecular formula is C26H36F2O5. The van der Waals surface area contributed by atoms with Crippen molar-refractivity contribution in [1.29, 1.82) is 0 Å². The Kier molecular flexibility index (Phi) is 9.27. The van der Waals surface area contributed by atoms with Gasteiger partial charge < -0.3 is 19.7 Å². The monoisotopic (exact) mass is 466 g/mol. The third kappa shape index (κ3) is 7.24. The Hall–Kier alpha value is -1.99. The molecular weight excluding hydrogens is 430 g/mol. The van der Waals surface area contributed by atoms with Crippen molar-refractivity contribution in [3.63, 3.8) is 0 Å². The van der Waals surface area contributed by atoms with E-state index in [4.69, 9.17) is 14.6 Å². The largest absolute Gasteiger partial charge is 0.481 e. The first-order chi connectivity index (χ1) is 15.8. The first-order valence-corrected chi connectivity index (χ1v) is 12.1. The number of aliphatic hydroxyl groups excluding tert-OH is 1. The minimum absolute atomic E-state index is 0.0977. The van der Waals surface area contributed by atoms with Gasteiger partial charge in [-0.2, -0.15) is 0 Å². The number of carboxylic acids is 1. The van der Waals surface area contributed by atoms with Gasteiger partial charge in [0.1, 0.15) is 6.10 Å². The highest BCUT2D eigenvalue weighted by Gasteiger charge is 2.47. The van der Waals surface area contributed by atoms with E-state index in [9.17, 15) is 18.7 Å². The second-order valence-corrected chi connectivity index (χ2v) is 9.38. The molecule has 0 saturated heterocycles. The number of aliphatic hydroxyl groups is 1. The number of ether oxygens (including phenoxy) is 2. The van der Waals surface area contributed by atoms with E-state index < -0.39 is 24.3 Å². The number of carbonyl (C=O) groups is 1. The van der Waals surface area contributed by atoms with Gasteiger partial charge >= 0.3 is 5.97 Å². The number of hydrogen-bond acceptors (Lipinski definition) is 4. The van der Waals surface area contributed by atoms with Gasteiger partial charge in [0.25, 0.3) is 5.92 Å². The van der Waals surface area contributed by atoms with E-state index in [2.05, 4.69) is 6.08 Å². The lowest BCUT2D eigenvalue weighted by Crippen LogP contribution is -2.32. The molecule has 2 unspecified atom stereocenters. The number of rotatable bonds is 12. The summed E-state index contributed by atoms with van der Waals surface area (Å²) in [6, 6.07) is 0. The minimum Gasteiger partial charge on any atom is -0.481 e. The van der Waals surface area contributed by atoms with Crippen molar-refractivity contribution < 1.29 is 33.3 Å². The van der Waals surface area contributed by atoms with Crippen molar-refractivity contribution in [1.82, 2.24) is 0 Å². The lowest BCUT2D eigenvalue weighted by atomic mass is 9.90. The average molecular weight is 467 g/mol. The molecule has 1 heterocycles. The highest BCUT2D eigenvalue weighted by Crippen LogP contribution is 2.52. The molecule has 184 valence electrons. The van der Waals surface area contributed by atoms with E-state index in [0.717, 1.165) is 25.7 Å². The van der Waals surface area contributed by atoms with E-state index in [1.54, 1.807) is 18.4 Å². The number of unbranched alkanes of at least 4 members (excludes halogenated alkanes) is 2. The number of aliphatic carboxylic acids is 1. The highest BCUT2D eigenvalue weighted by molar-refractivity contribution is 5.66. The molecule has 3 aliphatic rings. The summed E-state index contributed by atoms with van der Waals surface area (Å²) >= 11 is 0. The highest BCUT2D eigenvalue weighted by atomic mass is 19.3. The lowest BCUT2D eigenvalue weighted by Gasteiger charge is -2.26. The first kappa shape index (κ1) is 25.6. The molecule has 1 aliphatic heterocycles. The number of fused-ring (bicyclic) bond motifs is 1. The van der Waals surface area contributed by atoms with Crippen LogP contribution in [0.2, 0.25) is 0 Å². The predicted molar refractivity (Wildman–Crippen MR) is 122 cm³/mol. The van der Waals surface area contributed by atoms with E-state index in [-0.39, 0.29) is 30.8 Å². The Labute approximate surface area is 194 Å². The van der Waals surface area contributed by atoms with Crippen molar-refractivity contribution in [2.45, 2.75) is 89.1 Å². The molecule has 33 heavy (non-hydrogen) atoms. The minimum atomic E-state index is -3.15. The van der Waals surface area contributed by atoms with Crippen LogP contribution in [0, 0.1) is 17.8 Å². The maximum atomic E-state index is 14.3. The summed E-state index contributed by atoms with van der Waals surface area (Å²) < 4.78 is 40.3. The Morgan fingerprint density at radius 1 is 1.33 bits per heavy atom.